The largest absolute Gasteiger partial charge is 0.497 e. The summed E-state index contributed by atoms with van der Waals surface area (Å²) in [6, 6.07) is 37.0. The number of nitrogens with one attached hydrogen (secondary N) is 1. The van der Waals surface area contributed by atoms with Gasteiger partial charge in [-0.15, -0.1) is 0 Å². The van der Waals surface area contributed by atoms with Gasteiger partial charge in [0.2, 0.25) is 11.8 Å². The van der Waals surface area contributed by atoms with Crippen LogP contribution < -0.4 is 29.8 Å². The van der Waals surface area contributed by atoms with E-state index in [0.717, 1.165) is 57.1 Å². The maximum atomic E-state index is 15.7. The van der Waals surface area contributed by atoms with Crippen molar-refractivity contribution in [1.29, 1.82) is 0 Å². The quantitative estimate of drug-likeness (QED) is 0.0696. The average Bonchev–Trinajstić information content (AvgIpc) is 3.78. The third-order valence-electron chi connectivity index (χ3n) is 15.0. The molecule has 0 radical (unpaired) electrons. The number of unbranched alkanes of at least 4 members (excludes halogenated alkanes) is 1. The Morgan fingerprint density at radius 3 is 2.35 bits per heavy atom. The summed E-state index contributed by atoms with van der Waals surface area (Å²) in [7, 11) is -0.916. The lowest BCUT2D eigenvalue weighted by Crippen LogP contribution is -2.52. The van der Waals surface area contributed by atoms with Crippen LogP contribution in [0.15, 0.2) is 115 Å². The molecule has 5 aromatic carbocycles. The molecule has 1 unspecified atom stereocenters. The molecule has 4 heterocycles. The second kappa shape index (κ2) is 19.6. The van der Waals surface area contributed by atoms with Crippen LogP contribution in [0.5, 0.6) is 11.5 Å². The highest BCUT2D eigenvalue weighted by atomic mass is 28.3. The van der Waals surface area contributed by atoms with Gasteiger partial charge >= 0.3 is 0 Å². The molecule has 3 N–H and O–H groups in total. The highest BCUT2D eigenvalue weighted by Crippen LogP contribution is 2.60. The summed E-state index contributed by atoms with van der Waals surface area (Å²) in [5.74, 6) is 0.823. The smallest absolute Gasteiger partial charge is 0.264 e. The van der Waals surface area contributed by atoms with Crippen molar-refractivity contribution < 1.29 is 38.8 Å². The molecule has 4 aliphatic heterocycles. The normalized spacial score (nSPS) is 23.2. The zero-order chi connectivity index (χ0) is 47.7. The number of hydrogen-bond acceptors (Lipinski definition) is 9. The van der Waals surface area contributed by atoms with E-state index in [9.17, 15) is 19.8 Å². The van der Waals surface area contributed by atoms with Crippen LogP contribution in [0.25, 0.3) is 0 Å². The van der Waals surface area contributed by atoms with E-state index in [-0.39, 0.29) is 61.4 Å². The number of methoxy groups -OCH3 is 1. The minimum Gasteiger partial charge on any atom is -0.497 e. The Labute approximate surface area is 400 Å². The number of aliphatic hydroxyl groups is 2. The Kier molecular flexibility index (Phi) is 13.6. The second-order valence-electron chi connectivity index (χ2n) is 19.3. The molecule has 0 aliphatic carbocycles. The lowest BCUT2D eigenvalue weighted by Gasteiger charge is -2.39. The first-order chi connectivity index (χ1) is 32.9. The maximum Gasteiger partial charge on any atom is 0.264 e. The second-order valence-corrected chi connectivity index (χ2v) is 24.0. The van der Waals surface area contributed by atoms with Crippen molar-refractivity contribution in [3.8, 4) is 11.5 Å². The van der Waals surface area contributed by atoms with Crippen molar-refractivity contribution in [2.24, 2.45) is 5.92 Å². The van der Waals surface area contributed by atoms with Gasteiger partial charge in [0, 0.05) is 30.3 Å². The Morgan fingerprint density at radius 2 is 1.60 bits per heavy atom. The van der Waals surface area contributed by atoms with Crippen LogP contribution in [0.3, 0.4) is 0 Å². The first-order valence-corrected chi connectivity index (χ1v) is 27.2. The number of anilines is 3. The number of carbonyl (C=O) groups is 3. The van der Waals surface area contributed by atoms with Crippen LogP contribution in [0.1, 0.15) is 60.9 Å². The lowest BCUT2D eigenvalue weighted by molar-refractivity contribution is -0.151. The Bertz CT molecular complexity index is 2660. The maximum absolute atomic E-state index is 15.7. The van der Waals surface area contributed by atoms with Crippen molar-refractivity contribution >= 4 is 48.0 Å². The fourth-order valence-electron chi connectivity index (χ4n) is 11.7. The molecule has 0 aromatic heterocycles. The van der Waals surface area contributed by atoms with E-state index in [1.807, 2.05) is 114 Å². The van der Waals surface area contributed by atoms with Crippen LogP contribution in [0, 0.1) is 5.92 Å². The first kappa shape index (κ1) is 47.2. The van der Waals surface area contributed by atoms with Gasteiger partial charge in [0.15, 0.2) is 5.60 Å². The SMILES string of the molecule is CCOc1ccc2c(c1)CC(NCCCCO)C(=O)N2c1cccc(CN2C(=O)[C@@]3(O[C@@H](CC(=O)N4Cc5ccccc5C[C@H]4CO)[C@H]([Si](C)(C)c4ccc(OC)cc4)[C@H]3C)c3ccccc32)c1. The van der Waals surface area contributed by atoms with Crippen LogP contribution in [-0.2, 0) is 50.7 Å². The van der Waals surface area contributed by atoms with Gasteiger partial charge in [0.25, 0.3) is 5.91 Å². The standard InChI is InChI=1S/C55H64N4O8Si/c1-6-66-44-22-25-48-40(30-44)31-47(56-26-11-12-27-60)53(63)59(48)41-17-13-14-37(28-41)33-58-49-19-10-9-18-46(49)55(54(58)64)36(2)52(68(4,5)45-23-20-43(65-3)21-24-45)50(67-55)32-51(62)57-34-39-16-8-7-15-38(39)29-42(57)35-61/h7-10,13-25,28,30,36,42,47,50,52,56,60-61H,6,11-12,26-27,29,31-35H2,1-5H3/t36-,42+,47?,50+,52-,55+/m1/s1. The van der Waals surface area contributed by atoms with Gasteiger partial charge in [-0.25, -0.2) is 0 Å². The fraction of sp³-hybridized carbons (Fsp3) is 0.400. The Hall–Kier alpha value is -5.83. The number of ether oxygens (including phenoxy) is 3. The van der Waals surface area contributed by atoms with Crippen molar-refractivity contribution in [2.75, 3.05) is 43.3 Å². The van der Waals surface area contributed by atoms with E-state index in [4.69, 9.17) is 14.2 Å². The number of nitrogens with zero attached hydrogens (tertiary/aromatic N) is 3. The van der Waals surface area contributed by atoms with Gasteiger partial charge in [0.1, 0.15) is 11.5 Å². The van der Waals surface area contributed by atoms with Gasteiger partial charge in [-0.2, -0.15) is 0 Å². The molecule has 13 heteroatoms. The summed E-state index contributed by atoms with van der Waals surface area (Å²) in [6.07, 6.45) is 1.93. The number of rotatable bonds is 16. The van der Waals surface area contributed by atoms with Crippen molar-refractivity contribution in [3.05, 3.63) is 143 Å². The van der Waals surface area contributed by atoms with Gasteiger partial charge in [-0.05, 0) is 115 Å². The van der Waals surface area contributed by atoms with E-state index >= 15 is 4.79 Å². The number of hydrogen-bond donors (Lipinski definition) is 3. The predicted octanol–water partition coefficient (Wildman–Crippen LogP) is 7.14. The molecule has 3 amide bonds. The van der Waals surface area contributed by atoms with Crippen molar-refractivity contribution in [1.82, 2.24) is 10.2 Å². The van der Waals surface area contributed by atoms with E-state index in [0.29, 0.717) is 44.6 Å². The molecule has 9 rings (SSSR count). The predicted molar refractivity (Wildman–Crippen MR) is 266 cm³/mol. The Morgan fingerprint density at radius 1 is 0.853 bits per heavy atom. The number of benzene rings is 5. The number of para-hydroxylation sites is 1. The molecule has 68 heavy (non-hydrogen) atoms. The molecule has 1 fully saturated rings. The van der Waals surface area contributed by atoms with Crippen molar-refractivity contribution in [2.45, 2.75) is 101 Å². The van der Waals surface area contributed by atoms with Gasteiger partial charge in [-0.3, -0.25) is 19.3 Å². The highest BCUT2D eigenvalue weighted by Gasteiger charge is 2.66. The number of carbonyl (C=O) groups excluding carboxylic acids is 3. The topological polar surface area (TPSA) is 141 Å². The lowest BCUT2D eigenvalue weighted by atomic mass is 9.82. The van der Waals surface area contributed by atoms with Crippen LogP contribution in [-0.4, -0.2) is 92.6 Å². The molecule has 0 saturated carbocycles. The number of amides is 3. The number of fused-ring (bicyclic) bond motifs is 4. The minimum absolute atomic E-state index is 0.0637. The van der Waals surface area contributed by atoms with E-state index < -0.39 is 25.8 Å². The van der Waals surface area contributed by atoms with Gasteiger partial charge < -0.3 is 39.5 Å². The Balaban J connectivity index is 1.05. The van der Waals surface area contributed by atoms with Crippen LogP contribution in [0.2, 0.25) is 18.6 Å². The molecular weight excluding hydrogens is 873 g/mol. The summed E-state index contributed by atoms with van der Waals surface area (Å²) in [4.78, 5) is 50.3. The molecule has 5 aromatic rings. The van der Waals surface area contributed by atoms with Crippen molar-refractivity contribution in [3.63, 3.8) is 0 Å². The molecule has 4 aliphatic rings. The molecular formula is C55H64N4O8Si. The van der Waals surface area contributed by atoms with Crippen LogP contribution >= 0.6 is 0 Å². The average molecular weight is 937 g/mol. The third kappa shape index (κ3) is 8.53. The molecule has 0 bridgehead atoms. The van der Waals surface area contributed by atoms with E-state index in [1.54, 1.807) is 12.0 Å². The molecule has 356 valence electrons. The van der Waals surface area contributed by atoms with Crippen LogP contribution in [0.4, 0.5) is 17.1 Å². The zero-order valence-electron chi connectivity index (χ0n) is 39.8. The summed E-state index contributed by atoms with van der Waals surface area (Å²) in [6.45, 7) is 10.4. The molecule has 1 saturated heterocycles. The fourth-order valence-corrected chi connectivity index (χ4v) is 15.7. The molecule has 6 atom stereocenters. The monoisotopic (exact) mass is 936 g/mol. The third-order valence-corrected chi connectivity index (χ3v) is 19.4. The van der Waals surface area contributed by atoms with E-state index in [2.05, 4.69) is 43.5 Å². The summed E-state index contributed by atoms with van der Waals surface area (Å²) in [5, 5.41) is 24.6. The molecule has 1 spiro atoms. The van der Waals surface area contributed by atoms with E-state index in [1.165, 1.54) is 5.19 Å². The molecule has 12 nitrogen and oxygen atoms in total. The zero-order valence-corrected chi connectivity index (χ0v) is 40.8. The minimum atomic E-state index is -2.57. The summed E-state index contributed by atoms with van der Waals surface area (Å²) >= 11 is 0. The summed E-state index contributed by atoms with van der Waals surface area (Å²) < 4.78 is 18.8. The number of aliphatic hydroxyl groups excluding tert-OH is 2. The van der Waals surface area contributed by atoms with Gasteiger partial charge in [0.05, 0.1) is 70.9 Å². The summed E-state index contributed by atoms with van der Waals surface area (Å²) in [5.41, 5.74) is 5.51. The first-order valence-electron chi connectivity index (χ1n) is 24.2. The highest BCUT2D eigenvalue weighted by molar-refractivity contribution is 6.91. The van der Waals surface area contributed by atoms with Gasteiger partial charge in [-0.1, -0.05) is 91.9 Å².